The molecule has 1 aliphatic carbocycles. The molecule has 2 saturated heterocycles. The zero-order valence-corrected chi connectivity index (χ0v) is 21.7. The first kappa shape index (κ1) is 25.1. The molecule has 10 heteroatoms. The van der Waals surface area contributed by atoms with Crippen LogP contribution >= 0.6 is 0 Å². The lowest BCUT2D eigenvalue weighted by atomic mass is 9.82. The van der Waals surface area contributed by atoms with Crippen LogP contribution in [-0.4, -0.2) is 62.3 Å². The Balaban J connectivity index is 1.23. The Hall–Kier alpha value is -2.56. The lowest BCUT2D eigenvalue weighted by Gasteiger charge is -2.34. The Labute approximate surface area is 212 Å². The Kier molecular flexibility index (Phi) is 6.78. The second-order valence-corrected chi connectivity index (χ2v) is 12.3. The van der Waals surface area contributed by atoms with Gasteiger partial charge in [-0.3, -0.25) is 19.5 Å². The van der Waals surface area contributed by atoms with Crippen LogP contribution in [0.3, 0.4) is 0 Å². The number of hydrogen-bond donors (Lipinski definition) is 1. The van der Waals surface area contributed by atoms with Gasteiger partial charge in [0.2, 0.25) is 10.0 Å². The summed E-state index contributed by atoms with van der Waals surface area (Å²) in [7, 11) is -3.65. The number of rotatable bonds is 5. The first-order chi connectivity index (χ1) is 17.2. The lowest BCUT2D eigenvalue weighted by molar-refractivity contribution is -0.125. The van der Waals surface area contributed by atoms with Gasteiger partial charge >= 0.3 is 0 Å². The summed E-state index contributed by atoms with van der Waals surface area (Å²) in [5.41, 5.74) is 1.51. The van der Waals surface area contributed by atoms with Crippen molar-refractivity contribution >= 4 is 39.4 Å². The Morgan fingerprint density at radius 1 is 1.14 bits per heavy atom. The van der Waals surface area contributed by atoms with E-state index in [0.717, 1.165) is 54.3 Å². The predicted octanol–water partition coefficient (Wildman–Crippen LogP) is 2.81. The van der Waals surface area contributed by atoms with Crippen LogP contribution in [0.5, 0.6) is 0 Å². The summed E-state index contributed by atoms with van der Waals surface area (Å²) in [5.74, 6) is 1.66. The maximum Gasteiger partial charge on any atom is 0.254 e. The molecule has 3 fully saturated rings. The van der Waals surface area contributed by atoms with E-state index >= 15 is 0 Å². The molecule has 5 rings (SSSR count). The molecule has 194 valence electrons. The third kappa shape index (κ3) is 4.86. The van der Waals surface area contributed by atoms with Crippen molar-refractivity contribution in [2.75, 3.05) is 31.3 Å². The van der Waals surface area contributed by atoms with Crippen LogP contribution in [-0.2, 0) is 24.3 Å². The molecule has 0 atom stereocenters. The summed E-state index contributed by atoms with van der Waals surface area (Å²) >= 11 is 0. The number of piperidine rings is 1. The van der Waals surface area contributed by atoms with Gasteiger partial charge in [0.25, 0.3) is 11.8 Å². The molecular weight excluding hydrogens is 480 g/mol. The van der Waals surface area contributed by atoms with Gasteiger partial charge in [-0.2, -0.15) is 4.31 Å². The molecule has 1 aromatic rings. The SMILES string of the molecule is Cc1cc(N2COCC2=O)ccc1/C=C/S(=O)(=O)N1CCC2(CC1)N=C(C1CCC(C)CC1)NC2=O. The van der Waals surface area contributed by atoms with Crippen molar-refractivity contribution in [1.82, 2.24) is 9.62 Å². The summed E-state index contributed by atoms with van der Waals surface area (Å²) in [5, 5.41) is 4.26. The van der Waals surface area contributed by atoms with E-state index in [1.165, 1.54) is 9.71 Å². The molecule has 4 aliphatic rings. The Bertz CT molecular complexity index is 1210. The summed E-state index contributed by atoms with van der Waals surface area (Å²) in [6.07, 6.45) is 6.75. The van der Waals surface area contributed by atoms with Gasteiger partial charge in [-0.1, -0.05) is 25.8 Å². The molecule has 1 spiro atoms. The third-order valence-corrected chi connectivity index (χ3v) is 9.61. The quantitative estimate of drug-likeness (QED) is 0.650. The van der Waals surface area contributed by atoms with Gasteiger partial charge in [0.05, 0.1) is 0 Å². The lowest BCUT2D eigenvalue weighted by Crippen LogP contribution is -2.50. The number of nitrogens with one attached hydrogen (secondary N) is 1. The number of anilines is 1. The molecule has 3 heterocycles. The van der Waals surface area contributed by atoms with E-state index in [1.54, 1.807) is 23.1 Å². The molecule has 0 radical (unpaired) electrons. The van der Waals surface area contributed by atoms with Crippen molar-refractivity contribution < 1.29 is 22.7 Å². The number of ether oxygens (including phenoxy) is 1. The number of sulfonamides is 1. The molecule has 2 amide bonds. The van der Waals surface area contributed by atoms with Crippen molar-refractivity contribution in [3.63, 3.8) is 0 Å². The van der Waals surface area contributed by atoms with Gasteiger partial charge < -0.3 is 10.1 Å². The number of carbonyl (C=O) groups is 2. The minimum absolute atomic E-state index is 0.0736. The number of amides is 2. The van der Waals surface area contributed by atoms with Crippen LogP contribution in [0.1, 0.15) is 56.6 Å². The van der Waals surface area contributed by atoms with E-state index in [2.05, 4.69) is 12.2 Å². The molecule has 36 heavy (non-hydrogen) atoms. The molecule has 1 aromatic carbocycles. The third-order valence-electron chi connectivity index (χ3n) is 8.04. The highest BCUT2D eigenvalue weighted by atomic mass is 32.2. The van der Waals surface area contributed by atoms with E-state index in [9.17, 15) is 18.0 Å². The normalized spacial score (nSPS) is 27.2. The number of aryl methyl sites for hydroxylation is 1. The zero-order chi connectivity index (χ0) is 25.5. The average molecular weight is 515 g/mol. The summed E-state index contributed by atoms with van der Waals surface area (Å²) in [6, 6.07) is 5.45. The maximum atomic E-state index is 13.0. The monoisotopic (exact) mass is 514 g/mol. The topological polar surface area (TPSA) is 108 Å². The molecule has 0 aromatic heterocycles. The molecule has 9 nitrogen and oxygen atoms in total. The standard InChI is InChI=1S/C26H34N4O5S/c1-18-3-5-21(6-4-18)24-27-25(32)26(28-24)10-12-29(13-11-26)36(33,34)14-9-20-7-8-22(15-19(20)2)30-17-35-16-23(30)31/h7-9,14-15,18,21H,3-6,10-13,16-17H2,1-2H3,(H,27,28,32)/b14-9+. The first-order valence-electron chi connectivity index (χ1n) is 12.8. The first-order valence-corrected chi connectivity index (χ1v) is 14.3. The van der Waals surface area contributed by atoms with Crippen LogP contribution < -0.4 is 10.2 Å². The second kappa shape index (κ2) is 9.72. The minimum atomic E-state index is -3.65. The van der Waals surface area contributed by atoms with Crippen LogP contribution in [0.25, 0.3) is 6.08 Å². The van der Waals surface area contributed by atoms with Gasteiger partial charge in [-0.15, -0.1) is 0 Å². The number of nitrogens with zero attached hydrogens (tertiary/aromatic N) is 3. The van der Waals surface area contributed by atoms with Crippen LogP contribution in [0, 0.1) is 18.8 Å². The fourth-order valence-electron chi connectivity index (χ4n) is 5.57. The van der Waals surface area contributed by atoms with Crippen molar-refractivity contribution in [2.24, 2.45) is 16.8 Å². The van der Waals surface area contributed by atoms with Crippen LogP contribution in [0.4, 0.5) is 5.69 Å². The van der Waals surface area contributed by atoms with Crippen molar-refractivity contribution in [3.8, 4) is 0 Å². The Morgan fingerprint density at radius 2 is 1.86 bits per heavy atom. The second-order valence-electron chi connectivity index (χ2n) is 10.5. The van der Waals surface area contributed by atoms with Gasteiger partial charge in [0.1, 0.15) is 24.7 Å². The van der Waals surface area contributed by atoms with Crippen molar-refractivity contribution in [3.05, 3.63) is 34.7 Å². The fraction of sp³-hybridized carbons (Fsp3) is 0.577. The number of hydrogen-bond acceptors (Lipinski definition) is 6. The largest absolute Gasteiger partial charge is 0.351 e. The average Bonchev–Trinajstić information content (AvgIpc) is 3.42. The summed E-state index contributed by atoms with van der Waals surface area (Å²) in [4.78, 5) is 31.2. The summed E-state index contributed by atoms with van der Waals surface area (Å²) < 4.78 is 32.7. The van der Waals surface area contributed by atoms with Gasteiger partial charge in [-0.25, -0.2) is 8.42 Å². The fourth-order valence-corrected chi connectivity index (χ4v) is 6.75. The number of benzene rings is 1. The van der Waals surface area contributed by atoms with E-state index in [0.29, 0.717) is 18.8 Å². The van der Waals surface area contributed by atoms with Gasteiger partial charge in [0.15, 0.2) is 0 Å². The van der Waals surface area contributed by atoms with Gasteiger partial charge in [0, 0.05) is 30.1 Å². The van der Waals surface area contributed by atoms with E-state index in [-0.39, 0.29) is 38.2 Å². The van der Waals surface area contributed by atoms with Crippen LogP contribution in [0.15, 0.2) is 28.6 Å². The maximum absolute atomic E-state index is 13.0. The number of aliphatic imine (C=N–C) groups is 1. The molecule has 1 saturated carbocycles. The molecular formula is C26H34N4O5S. The Morgan fingerprint density at radius 3 is 2.50 bits per heavy atom. The van der Waals surface area contributed by atoms with Crippen LogP contribution in [0.2, 0.25) is 0 Å². The molecule has 1 N–H and O–H groups in total. The molecule has 3 aliphatic heterocycles. The van der Waals surface area contributed by atoms with E-state index in [1.807, 2.05) is 13.0 Å². The van der Waals surface area contributed by atoms with Crippen molar-refractivity contribution in [2.45, 2.75) is 57.9 Å². The molecule has 0 unspecified atom stereocenters. The van der Waals surface area contributed by atoms with E-state index < -0.39 is 15.6 Å². The minimum Gasteiger partial charge on any atom is -0.351 e. The smallest absolute Gasteiger partial charge is 0.254 e. The highest BCUT2D eigenvalue weighted by molar-refractivity contribution is 7.92. The summed E-state index contributed by atoms with van der Waals surface area (Å²) in [6.45, 7) is 4.95. The molecule has 0 bridgehead atoms. The van der Waals surface area contributed by atoms with Gasteiger partial charge in [-0.05, 0) is 67.9 Å². The van der Waals surface area contributed by atoms with Crippen molar-refractivity contribution in [1.29, 1.82) is 0 Å². The zero-order valence-electron chi connectivity index (χ0n) is 20.9. The predicted molar refractivity (Wildman–Crippen MR) is 138 cm³/mol. The number of carbonyl (C=O) groups excluding carboxylic acids is 2. The number of amidine groups is 1. The highest BCUT2D eigenvalue weighted by Gasteiger charge is 2.48. The highest BCUT2D eigenvalue weighted by Crippen LogP contribution is 2.36. The van der Waals surface area contributed by atoms with E-state index in [4.69, 9.17) is 9.73 Å².